The van der Waals surface area contributed by atoms with Crippen molar-refractivity contribution in [3.8, 4) is 11.8 Å². The van der Waals surface area contributed by atoms with E-state index in [9.17, 15) is 4.79 Å². The van der Waals surface area contributed by atoms with Gasteiger partial charge in [0.15, 0.2) is 12.6 Å². The van der Waals surface area contributed by atoms with Gasteiger partial charge < -0.3 is 10.1 Å². The smallest absolute Gasteiger partial charge is 0.259 e. The number of hydrogen-bond donors (Lipinski definition) is 1. The zero-order valence-corrected chi connectivity index (χ0v) is 10.9. The predicted molar refractivity (Wildman–Crippen MR) is 72.8 cm³/mol. The van der Waals surface area contributed by atoms with Crippen LogP contribution in [-0.2, 0) is 4.79 Å². The van der Waals surface area contributed by atoms with Crippen LogP contribution in [0.2, 0.25) is 0 Å². The lowest BCUT2D eigenvalue weighted by molar-refractivity contribution is -0.123. The van der Waals surface area contributed by atoms with Gasteiger partial charge in [0.05, 0.1) is 6.07 Å². The molecule has 1 unspecified atom stereocenters. The number of carbonyl (C=O) groups excluding carboxylic acids is 1. The SMILES string of the molecule is N#CC(NC(=O)COc1ccccc1)c1cccs1. The number of ether oxygens (including phenoxy) is 1. The first-order valence-corrected chi connectivity index (χ1v) is 6.58. The highest BCUT2D eigenvalue weighted by atomic mass is 32.1. The van der Waals surface area contributed by atoms with Crippen LogP contribution in [0.15, 0.2) is 47.8 Å². The van der Waals surface area contributed by atoms with Crippen molar-refractivity contribution in [1.29, 1.82) is 5.26 Å². The second-order valence-electron chi connectivity index (χ2n) is 3.75. The van der Waals surface area contributed by atoms with Crippen molar-refractivity contribution in [2.75, 3.05) is 6.61 Å². The topological polar surface area (TPSA) is 62.1 Å². The van der Waals surface area contributed by atoms with E-state index in [1.54, 1.807) is 12.1 Å². The van der Waals surface area contributed by atoms with E-state index in [0.29, 0.717) is 5.75 Å². The highest BCUT2D eigenvalue weighted by Crippen LogP contribution is 2.18. The van der Waals surface area contributed by atoms with Crippen molar-refractivity contribution in [1.82, 2.24) is 5.32 Å². The third-order valence-electron chi connectivity index (χ3n) is 2.38. The maximum absolute atomic E-state index is 11.7. The Hall–Kier alpha value is -2.32. The number of nitrogens with zero attached hydrogens (tertiary/aromatic N) is 1. The van der Waals surface area contributed by atoms with Gasteiger partial charge in [0.1, 0.15) is 5.75 Å². The number of nitrogens with one attached hydrogen (secondary N) is 1. The van der Waals surface area contributed by atoms with E-state index in [1.165, 1.54) is 11.3 Å². The van der Waals surface area contributed by atoms with E-state index in [4.69, 9.17) is 10.00 Å². The average molecular weight is 272 g/mol. The molecule has 0 spiro atoms. The van der Waals surface area contributed by atoms with Crippen LogP contribution in [0.25, 0.3) is 0 Å². The van der Waals surface area contributed by atoms with Gasteiger partial charge >= 0.3 is 0 Å². The summed E-state index contributed by atoms with van der Waals surface area (Å²) in [6.45, 7) is -0.104. The quantitative estimate of drug-likeness (QED) is 0.909. The van der Waals surface area contributed by atoms with E-state index in [1.807, 2.05) is 35.7 Å². The zero-order valence-electron chi connectivity index (χ0n) is 10.1. The van der Waals surface area contributed by atoms with E-state index < -0.39 is 6.04 Å². The minimum Gasteiger partial charge on any atom is -0.484 e. The van der Waals surface area contributed by atoms with Crippen molar-refractivity contribution in [3.05, 3.63) is 52.7 Å². The molecule has 1 atom stereocenters. The molecule has 0 aliphatic heterocycles. The Bertz CT molecular complexity index is 561. The highest BCUT2D eigenvalue weighted by molar-refractivity contribution is 7.10. The summed E-state index contributed by atoms with van der Waals surface area (Å²) in [6, 6.07) is 14.2. The molecule has 0 aliphatic rings. The summed E-state index contributed by atoms with van der Waals surface area (Å²) in [6.07, 6.45) is 0. The molecule has 1 aromatic heterocycles. The van der Waals surface area contributed by atoms with Gasteiger partial charge in [0.25, 0.3) is 5.91 Å². The van der Waals surface area contributed by atoms with Crippen LogP contribution in [0.3, 0.4) is 0 Å². The molecular formula is C14H12N2O2S. The molecule has 4 nitrogen and oxygen atoms in total. The van der Waals surface area contributed by atoms with Crippen LogP contribution in [0.5, 0.6) is 5.75 Å². The number of carbonyl (C=O) groups is 1. The van der Waals surface area contributed by atoms with Gasteiger partial charge in [-0.3, -0.25) is 4.79 Å². The Kier molecular flexibility index (Phi) is 4.54. The molecule has 0 radical (unpaired) electrons. The lowest BCUT2D eigenvalue weighted by Crippen LogP contribution is -2.31. The van der Waals surface area contributed by atoms with Crippen molar-refractivity contribution >= 4 is 17.2 Å². The van der Waals surface area contributed by atoms with Gasteiger partial charge in [0, 0.05) is 4.88 Å². The number of para-hydroxylation sites is 1. The maximum Gasteiger partial charge on any atom is 0.259 e. The van der Waals surface area contributed by atoms with E-state index in [-0.39, 0.29) is 12.5 Å². The summed E-state index contributed by atoms with van der Waals surface area (Å²) in [5.41, 5.74) is 0. The summed E-state index contributed by atoms with van der Waals surface area (Å²) in [7, 11) is 0. The standard InChI is InChI=1S/C14H12N2O2S/c15-9-12(13-7-4-8-19-13)16-14(17)10-18-11-5-2-1-3-6-11/h1-8,12H,10H2,(H,16,17). The summed E-state index contributed by atoms with van der Waals surface area (Å²) in [4.78, 5) is 12.5. The van der Waals surface area contributed by atoms with Crippen LogP contribution in [0.4, 0.5) is 0 Å². The summed E-state index contributed by atoms with van der Waals surface area (Å²) in [5.74, 6) is 0.311. The van der Waals surface area contributed by atoms with E-state index in [2.05, 4.69) is 11.4 Å². The fourth-order valence-electron chi connectivity index (χ4n) is 1.49. The van der Waals surface area contributed by atoms with Crippen molar-refractivity contribution in [3.63, 3.8) is 0 Å². The third kappa shape index (κ3) is 3.83. The maximum atomic E-state index is 11.7. The fourth-order valence-corrected chi connectivity index (χ4v) is 2.21. The van der Waals surface area contributed by atoms with Crippen molar-refractivity contribution < 1.29 is 9.53 Å². The molecular weight excluding hydrogens is 260 g/mol. The van der Waals surface area contributed by atoms with E-state index in [0.717, 1.165) is 4.88 Å². The Labute approximate surface area is 115 Å². The molecule has 0 saturated heterocycles. The average Bonchev–Trinajstić information content (AvgIpc) is 2.97. The second-order valence-corrected chi connectivity index (χ2v) is 4.73. The lowest BCUT2D eigenvalue weighted by atomic mass is 10.2. The Balaban J connectivity index is 1.86. The Morgan fingerprint density at radius 3 is 2.74 bits per heavy atom. The molecule has 0 saturated carbocycles. The van der Waals surface area contributed by atoms with Crippen molar-refractivity contribution in [2.24, 2.45) is 0 Å². The van der Waals surface area contributed by atoms with Gasteiger partial charge in [0.2, 0.25) is 0 Å². The molecule has 0 bridgehead atoms. The minimum atomic E-state index is -0.619. The molecule has 1 amide bonds. The molecule has 96 valence electrons. The van der Waals surface area contributed by atoms with Crippen LogP contribution >= 0.6 is 11.3 Å². The first kappa shape index (κ1) is 13.1. The molecule has 19 heavy (non-hydrogen) atoms. The molecule has 5 heteroatoms. The molecule has 1 heterocycles. The minimum absolute atomic E-state index is 0.104. The number of amides is 1. The number of hydrogen-bond acceptors (Lipinski definition) is 4. The number of benzene rings is 1. The third-order valence-corrected chi connectivity index (χ3v) is 3.31. The van der Waals surface area contributed by atoms with Crippen LogP contribution in [-0.4, -0.2) is 12.5 Å². The van der Waals surface area contributed by atoms with Gasteiger partial charge in [-0.05, 0) is 23.6 Å². The molecule has 2 rings (SSSR count). The van der Waals surface area contributed by atoms with Crippen LogP contribution in [0.1, 0.15) is 10.9 Å². The predicted octanol–water partition coefficient (Wildman–Crippen LogP) is 2.51. The number of thiophene rings is 1. The Morgan fingerprint density at radius 1 is 1.32 bits per heavy atom. The van der Waals surface area contributed by atoms with Crippen LogP contribution in [0, 0.1) is 11.3 Å². The van der Waals surface area contributed by atoms with Gasteiger partial charge in [-0.2, -0.15) is 5.26 Å². The highest BCUT2D eigenvalue weighted by Gasteiger charge is 2.14. The fraction of sp³-hybridized carbons (Fsp3) is 0.143. The van der Waals surface area contributed by atoms with Gasteiger partial charge in [-0.15, -0.1) is 11.3 Å². The molecule has 1 N–H and O–H groups in total. The number of rotatable bonds is 5. The molecule has 0 fully saturated rings. The largest absolute Gasteiger partial charge is 0.484 e. The van der Waals surface area contributed by atoms with Crippen molar-refractivity contribution in [2.45, 2.75) is 6.04 Å². The molecule has 2 aromatic rings. The summed E-state index contributed by atoms with van der Waals surface area (Å²) >= 11 is 1.43. The first-order chi connectivity index (χ1) is 9.29. The monoisotopic (exact) mass is 272 g/mol. The first-order valence-electron chi connectivity index (χ1n) is 5.70. The summed E-state index contributed by atoms with van der Waals surface area (Å²) in [5, 5.41) is 13.5. The Morgan fingerprint density at radius 2 is 2.11 bits per heavy atom. The molecule has 0 aliphatic carbocycles. The zero-order chi connectivity index (χ0) is 13.5. The normalized spacial score (nSPS) is 11.3. The van der Waals surface area contributed by atoms with Crippen LogP contribution < -0.4 is 10.1 Å². The van der Waals surface area contributed by atoms with Gasteiger partial charge in [-0.1, -0.05) is 24.3 Å². The number of nitriles is 1. The molecule has 1 aromatic carbocycles. The lowest BCUT2D eigenvalue weighted by Gasteiger charge is -2.10. The second kappa shape index (κ2) is 6.57. The van der Waals surface area contributed by atoms with E-state index >= 15 is 0 Å². The van der Waals surface area contributed by atoms with Gasteiger partial charge in [-0.25, -0.2) is 0 Å². The summed E-state index contributed by atoms with van der Waals surface area (Å²) < 4.78 is 5.31.